The lowest BCUT2D eigenvalue weighted by molar-refractivity contribution is -0.135. The maximum absolute atomic E-state index is 12.4. The molecule has 2 aromatic rings. The van der Waals surface area contributed by atoms with Crippen LogP contribution in [0.25, 0.3) is 0 Å². The molecule has 0 amide bonds. The molecule has 0 atom stereocenters. The van der Waals surface area contributed by atoms with Crippen LogP contribution < -0.4 is 9.47 Å². The number of pyridine rings is 2. The van der Waals surface area contributed by atoms with Gasteiger partial charge in [0.15, 0.2) is 22.8 Å². The number of rotatable bonds is 30. The molecule has 0 N–H and O–H groups in total. The van der Waals surface area contributed by atoms with Gasteiger partial charge in [-0.2, -0.15) is 0 Å². The summed E-state index contributed by atoms with van der Waals surface area (Å²) in [5, 5.41) is 0. The Hall–Kier alpha value is -5.14. The maximum atomic E-state index is 12.4. The Bertz CT molecular complexity index is 1430. The van der Waals surface area contributed by atoms with E-state index in [-0.39, 0.29) is 73.5 Å². The van der Waals surface area contributed by atoms with Crippen molar-refractivity contribution in [3.8, 4) is 11.5 Å². The molecular formula is C44H62N2O12. The molecule has 320 valence electrons. The molecule has 0 saturated carbocycles. The fourth-order valence-electron chi connectivity index (χ4n) is 5.80. The zero-order chi connectivity index (χ0) is 42.4. The molecule has 2 heterocycles. The highest BCUT2D eigenvalue weighted by atomic mass is 16.6. The van der Waals surface area contributed by atoms with Gasteiger partial charge in [0.25, 0.3) is 0 Å². The lowest BCUT2D eigenvalue weighted by Crippen LogP contribution is -2.15. The number of nitrogens with zero attached hydrogens (tertiary/aromatic N) is 2. The van der Waals surface area contributed by atoms with Gasteiger partial charge in [0.1, 0.15) is 11.5 Å². The van der Waals surface area contributed by atoms with Gasteiger partial charge in [-0.15, -0.1) is 0 Å². The van der Waals surface area contributed by atoms with Crippen LogP contribution >= 0.6 is 0 Å². The van der Waals surface area contributed by atoms with Gasteiger partial charge in [-0.3, -0.25) is 9.59 Å². The first kappa shape index (κ1) is 49.0. The third kappa shape index (κ3) is 20.9. The van der Waals surface area contributed by atoms with E-state index in [0.717, 1.165) is 77.0 Å². The Morgan fingerprint density at radius 1 is 0.414 bits per heavy atom. The average molecular weight is 811 g/mol. The van der Waals surface area contributed by atoms with E-state index in [1.54, 1.807) is 27.7 Å². The zero-order valence-electron chi connectivity index (χ0n) is 34.8. The van der Waals surface area contributed by atoms with E-state index < -0.39 is 35.8 Å². The molecule has 58 heavy (non-hydrogen) atoms. The summed E-state index contributed by atoms with van der Waals surface area (Å²) < 4.78 is 30.7. The van der Waals surface area contributed by atoms with Crippen LogP contribution in [0.4, 0.5) is 0 Å². The largest absolute Gasteiger partial charge is 0.461 e. The molecule has 0 fully saturated rings. The number of aromatic nitrogens is 2. The highest BCUT2D eigenvalue weighted by Crippen LogP contribution is 2.20. The average Bonchev–Trinajstić information content (AvgIpc) is 3.20. The van der Waals surface area contributed by atoms with Gasteiger partial charge in [-0.1, -0.05) is 76.4 Å². The van der Waals surface area contributed by atoms with E-state index in [1.807, 2.05) is 0 Å². The van der Waals surface area contributed by atoms with Crippen molar-refractivity contribution in [2.75, 3.05) is 26.4 Å². The Kier molecular flexibility index (Phi) is 25.4. The number of esters is 6. The van der Waals surface area contributed by atoms with Crippen molar-refractivity contribution >= 4 is 35.8 Å². The third-order valence-corrected chi connectivity index (χ3v) is 8.67. The van der Waals surface area contributed by atoms with E-state index in [1.165, 1.54) is 37.1 Å². The number of hydrogen-bond donors (Lipinski definition) is 0. The molecule has 2 aromatic heterocycles. The van der Waals surface area contributed by atoms with E-state index in [2.05, 4.69) is 22.1 Å². The summed E-state index contributed by atoms with van der Waals surface area (Å²) in [4.78, 5) is 81.5. The number of allylic oxidation sites excluding steroid dienone is 2. The van der Waals surface area contributed by atoms with Gasteiger partial charge in [0.05, 0.1) is 26.4 Å². The van der Waals surface area contributed by atoms with Gasteiger partial charge >= 0.3 is 35.8 Å². The van der Waals surface area contributed by atoms with Crippen LogP contribution in [-0.2, 0) is 28.5 Å². The van der Waals surface area contributed by atoms with Gasteiger partial charge in [0.2, 0.25) is 0 Å². The first-order valence-electron chi connectivity index (χ1n) is 20.9. The second-order valence-electron chi connectivity index (χ2n) is 13.5. The summed E-state index contributed by atoms with van der Waals surface area (Å²) in [6, 6.07) is 5.16. The second kappa shape index (κ2) is 30.0. The van der Waals surface area contributed by atoms with Crippen LogP contribution in [0.15, 0.2) is 36.4 Å². The molecule has 2 rings (SSSR count). The van der Waals surface area contributed by atoms with Gasteiger partial charge < -0.3 is 28.4 Å². The number of ether oxygens (including phenoxy) is 6. The van der Waals surface area contributed by atoms with Crippen LogP contribution in [0.1, 0.15) is 185 Å². The quantitative estimate of drug-likeness (QED) is 0.0315. The second-order valence-corrected chi connectivity index (χ2v) is 13.5. The molecule has 0 aromatic carbocycles. The smallest absolute Gasteiger partial charge is 0.357 e. The lowest BCUT2D eigenvalue weighted by atomic mass is 10.1. The SMILES string of the molecule is CCOC(=O)c1cc(OC(=O)CCCCCCCCC/C=C\CCCCCCCCCC(=O)Oc2cc(C(=O)OCC)nc(C(=O)OCC)c2)cc(C(=O)OCC)n1. The van der Waals surface area contributed by atoms with Crippen LogP contribution in [-0.4, -0.2) is 72.2 Å². The summed E-state index contributed by atoms with van der Waals surface area (Å²) >= 11 is 0. The standard InChI is InChI=1S/C44H62N2O12/c1-5-53-41(49)35-29-33(30-36(45-35)42(50)54-6-2)57-39(47)27-25-23-21-19-17-15-13-11-9-10-12-14-16-18-20-22-24-26-28-40(48)58-34-31-37(43(51)55-7-3)46-38(32-34)44(52)56-8-4/h9-10,29-32H,5-8,11-28H2,1-4H3/b10-9-. The monoisotopic (exact) mass is 810 g/mol. The van der Waals surface area contributed by atoms with Crippen LogP contribution in [0, 0.1) is 0 Å². The third-order valence-electron chi connectivity index (χ3n) is 8.67. The molecule has 0 aliphatic carbocycles. The summed E-state index contributed by atoms with van der Waals surface area (Å²) in [5.41, 5.74) is -0.514. The fourth-order valence-corrected chi connectivity index (χ4v) is 5.80. The van der Waals surface area contributed by atoms with Crippen molar-refractivity contribution in [3.63, 3.8) is 0 Å². The highest BCUT2D eigenvalue weighted by molar-refractivity contribution is 5.93. The molecule has 14 heteroatoms. The summed E-state index contributed by atoms with van der Waals surface area (Å²) in [7, 11) is 0. The van der Waals surface area contributed by atoms with E-state index in [4.69, 9.17) is 28.4 Å². The molecule has 0 aliphatic heterocycles. The summed E-state index contributed by atoms with van der Waals surface area (Å²) in [6.07, 6.45) is 21.7. The van der Waals surface area contributed by atoms with Gasteiger partial charge in [-0.25, -0.2) is 29.1 Å². The Morgan fingerprint density at radius 3 is 0.948 bits per heavy atom. The highest BCUT2D eigenvalue weighted by Gasteiger charge is 2.20. The predicted molar refractivity (Wildman–Crippen MR) is 216 cm³/mol. The van der Waals surface area contributed by atoms with Crippen LogP contribution in [0.5, 0.6) is 11.5 Å². The minimum atomic E-state index is -0.718. The molecule has 0 spiro atoms. The first-order valence-corrected chi connectivity index (χ1v) is 20.9. The summed E-state index contributed by atoms with van der Waals surface area (Å²) in [6.45, 7) is 7.18. The Labute approximate surface area is 342 Å². The summed E-state index contributed by atoms with van der Waals surface area (Å²) in [5.74, 6) is -3.65. The zero-order valence-corrected chi connectivity index (χ0v) is 34.8. The number of hydrogen-bond acceptors (Lipinski definition) is 14. The molecular weight excluding hydrogens is 748 g/mol. The van der Waals surface area contributed by atoms with Crippen molar-refractivity contribution < 1.29 is 57.2 Å². The normalized spacial score (nSPS) is 10.9. The molecule has 14 nitrogen and oxygen atoms in total. The molecule has 0 saturated heterocycles. The number of unbranched alkanes of at least 4 members (excludes halogenated alkanes) is 14. The molecule has 0 unspecified atom stereocenters. The van der Waals surface area contributed by atoms with E-state index in [9.17, 15) is 28.8 Å². The van der Waals surface area contributed by atoms with Crippen LogP contribution in [0.2, 0.25) is 0 Å². The van der Waals surface area contributed by atoms with Crippen LogP contribution in [0.3, 0.4) is 0 Å². The van der Waals surface area contributed by atoms with Crippen molar-refractivity contribution in [2.45, 2.75) is 143 Å². The van der Waals surface area contributed by atoms with Crippen molar-refractivity contribution in [1.82, 2.24) is 9.97 Å². The Morgan fingerprint density at radius 2 is 0.672 bits per heavy atom. The van der Waals surface area contributed by atoms with Crippen molar-refractivity contribution in [1.29, 1.82) is 0 Å². The minimum Gasteiger partial charge on any atom is -0.461 e. The van der Waals surface area contributed by atoms with Crippen molar-refractivity contribution in [2.24, 2.45) is 0 Å². The molecule has 0 radical (unpaired) electrons. The predicted octanol–water partition coefficient (Wildman–Crippen LogP) is 9.27. The Balaban J connectivity index is 1.47. The van der Waals surface area contributed by atoms with E-state index >= 15 is 0 Å². The molecule has 0 aliphatic rings. The lowest BCUT2D eigenvalue weighted by Gasteiger charge is -2.09. The fraction of sp³-hybridized carbons (Fsp3) is 0.591. The van der Waals surface area contributed by atoms with E-state index in [0.29, 0.717) is 12.8 Å². The number of carbonyl (C=O) groups is 6. The number of carbonyl (C=O) groups excluding carboxylic acids is 6. The van der Waals surface area contributed by atoms with Gasteiger partial charge in [0, 0.05) is 37.1 Å². The first-order chi connectivity index (χ1) is 28.1. The molecule has 0 bridgehead atoms. The maximum Gasteiger partial charge on any atom is 0.357 e. The van der Waals surface area contributed by atoms with Gasteiger partial charge in [-0.05, 0) is 66.2 Å². The van der Waals surface area contributed by atoms with Crippen molar-refractivity contribution in [3.05, 3.63) is 59.2 Å². The topological polar surface area (TPSA) is 184 Å². The minimum absolute atomic E-state index is 0.0518.